The van der Waals surface area contributed by atoms with Crippen LogP contribution in [0.25, 0.3) is 33.2 Å². The maximum absolute atomic E-state index is 4.01. The molecule has 0 aromatic heterocycles. The Hall–Kier alpha value is -4.66. The number of benzene rings is 6. The summed E-state index contributed by atoms with van der Waals surface area (Å²) in [4.78, 5) is 0. The molecule has 6 aromatic carbocycles. The van der Waals surface area contributed by atoms with E-state index in [1.54, 1.807) is 0 Å². The van der Waals surface area contributed by atoms with Gasteiger partial charge in [-0.05, 0) is 74.0 Å². The number of rotatable bonds is 5. The fraction of sp³-hybridized carbons (Fsp3) is 0.0256. The van der Waals surface area contributed by atoms with Gasteiger partial charge in [0.2, 0.25) is 0 Å². The Morgan fingerprint density at radius 3 is 1.90 bits per heavy atom. The van der Waals surface area contributed by atoms with Crippen molar-refractivity contribution in [3.63, 3.8) is 0 Å². The van der Waals surface area contributed by atoms with Gasteiger partial charge in [-0.15, -0.1) is 0 Å². The van der Waals surface area contributed by atoms with Crippen LogP contribution in [0.3, 0.4) is 0 Å². The molecular formula is C39H28BrN. The van der Waals surface area contributed by atoms with Gasteiger partial charge in [0.25, 0.3) is 0 Å². The van der Waals surface area contributed by atoms with Crippen LogP contribution in [0.4, 0.5) is 0 Å². The van der Waals surface area contributed by atoms with Gasteiger partial charge in [-0.3, -0.25) is 0 Å². The van der Waals surface area contributed by atoms with Gasteiger partial charge in [0.1, 0.15) is 5.54 Å². The molecule has 7 rings (SSSR count). The molecule has 0 aliphatic carbocycles. The van der Waals surface area contributed by atoms with E-state index >= 15 is 0 Å². The number of nitrogens with one attached hydrogen (secondary N) is 1. The Bertz CT molecular complexity index is 1900. The van der Waals surface area contributed by atoms with Gasteiger partial charge < -0.3 is 5.32 Å². The predicted molar refractivity (Wildman–Crippen MR) is 176 cm³/mol. The van der Waals surface area contributed by atoms with Crippen LogP contribution in [-0.2, 0) is 5.54 Å². The van der Waals surface area contributed by atoms with E-state index in [0.29, 0.717) is 0 Å². The van der Waals surface area contributed by atoms with E-state index in [1.165, 1.54) is 44.2 Å². The maximum Gasteiger partial charge on any atom is 0.108 e. The molecule has 6 aromatic rings. The van der Waals surface area contributed by atoms with Crippen LogP contribution in [0, 0.1) is 0 Å². The zero-order valence-corrected chi connectivity index (χ0v) is 24.1. The molecule has 0 amide bonds. The van der Waals surface area contributed by atoms with Crippen molar-refractivity contribution in [1.82, 2.24) is 5.32 Å². The number of hydrogen-bond donors (Lipinski definition) is 1. The van der Waals surface area contributed by atoms with E-state index in [4.69, 9.17) is 0 Å². The molecule has 1 aliphatic heterocycles. The average molecular weight is 591 g/mol. The molecule has 1 unspecified atom stereocenters. The Balaban J connectivity index is 1.46. The second-order valence-corrected chi connectivity index (χ2v) is 11.4. The number of hydrogen-bond acceptors (Lipinski definition) is 1. The van der Waals surface area contributed by atoms with Crippen LogP contribution in [0.1, 0.15) is 22.3 Å². The lowest BCUT2D eigenvalue weighted by molar-refractivity contribution is 0.581. The quantitative estimate of drug-likeness (QED) is 0.211. The van der Waals surface area contributed by atoms with Crippen LogP contribution in [0.15, 0.2) is 168 Å². The van der Waals surface area contributed by atoms with Gasteiger partial charge >= 0.3 is 0 Å². The highest BCUT2D eigenvalue weighted by Crippen LogP contribution is 2.42. The van der Waals surface area contributed by atoms with Gasteiger partial charge in [0, 0.05) is 10.2 Å². The summed E-state index contributed by atoms with van der Waals surface area (Å²) in [6.45, 7) is 0. The van der Waals surface area contributed by atoms with Gasteiger partial charge in [-0.2, -0.15) is 0 Å². The van der Waals surface area contributed by atoms with Gasteiger partial charge in [0.15, 0.2) is 0 Å². The molecule has 0 radical (unpaired) electrons. The molecule has 0 spiro atoms. The second-order valence-electron chi connectivity index (χ2n) is 10.4. The lowest BCUT2D eigenvalue weighted by atomic mass is 9.77. The van der Waals surface area contributed by atoms with Crippen molar-refractivity contribution in [2.45, 2.75) is 5.54 Å². The van der Waals surface area contributed by atoms with Gasteiger partial charge in [0.05, 0.1) is 0 Å². The van der Waals surface area contributed by atoms with Gasteiger partial charge in [-0.1, -0.05) is 155 Å². The minimum atomic E-state index is -0.584. The standard InChI is InChI=1S/C39H28BrN/c40-35-18-10-17-34(26-35)39(33-15-5-2-6-16-33)27-32(37-20-9-14-30-13-7-8-19-36(30)37)25-38(41-39)31-23-21-29(22-24-31)28-11-3-1-4-12-28/h1-27,41H. The van der Waals surface area contributed by atoms with E-state index in [9.17, 15) is 0 Å². The highest BCUT2D eigenvalue weighted by atomic mass is 79.9. The molecule has 41 heavy (non-hydrogen) atoms. The first-order valence-corrected chi connectivity index (χ1v) is 14.7. The summed E-state index contributed by atoms with van der Waals surface area (Å²) in [5.41, 5.74) is 8.82. The first-order chi connectivity index (χ1) is 20.2. The van der Waals surface area contributed by atoms with E-state index < -0.39 is 5.54 Å². The van der Waals surface area contributed by atoms with Crippen LogP contribution < -0.4 is 5.32 Å². The van der Waals surface area contributed by atoms with Crippen molar-refractivity contribution in [3.8, 4) is 11.1 Å². The summed E-state index contributed by atoms with van der Waals surface area (Å²) >= 11 is 3.75. The highest BCUT2D eigenvalue weighted by Gasteiger charge is 2.36. The van der Waals surface area contributed by atoms with E-state index in [1.807, 2.05) is 0 Å². The molecule has 1 nitrogen and oxygen atoms in total. The zero-order chi connectivity index (χ0) is 27.6. The van der Waals surface area contributed by atoms with E-state index in [2.05, 4.69) is 185 Å². The minimum Gasteiger partial charge on any atom is -0.368 e. The summed E-state index contributed by atoms with van der Waals surface area (Å²) in [7, 11) is 0. The minimum absolute atomic E-state index is 0.584. The van der Waals surface area contributed by atoms with Crippen molar-refractivity contribution in [2.75, 3.05) is 0 Å². The molecule has 0 fully saturated rings. The molecule has 1 N–H and O–H groups in total. The molecule has 196 valence electrons. The summed E-state index contributed by atoms with van der Waals surface area (Å²) in [6, 6.07) is 54.0. The van der Waals surface area contributed by atoms with Crippen molar-refractivity contribution in [2.24, 2.45) is 0 Å². The number of allylic oxidation sites excluding steroid dienone is 2. The Kier molecular flexibility index (Phi) is 6.62. The van der Waals surface area contributed by atoms with Crippen molar-refractivity contribution in [3.05, 3.63) is 191 Å². The third-order valence-electron chi connectivity index (χ3n) is 7.92. The lowest BCUT2D eigenvalue weighted by Crippen LogP contribution is -2.42. The first-order valence-electron chi connectivity index (χ1n) is 13.9. The Labute approximate surface area is 249 Å². The summed E-state index contributed by atoms with van der Waals surface area (Å²) in [5.74, 6) is 0. The molecule has 1 heterocycles. The molecule has 1 atom stereocenters. The average Bonchev–Trinajstić information content (AvgIpc) is 3.05. The first kappa shape index (κ1) is 25.3. The summed E-state index contributed by atoms with van der Waals surface area (Å²) in [5, 5.41) is 6.49. The van der Waals surface area contributed by atoms with E-state index in [-0.39, 0.29) is 0 Å². The van der Waals surface area contributed by atoms with Crippen LogP contribution in [0.5, 0.6) is 0 Å². The van der Waals surface area contributed by atoms with Crippen molar-refractivity contribution < 1.29 is 0 Å². The Morgan fingerprint density at radius 1 is 0.512 bits per heavy atom. The fourth-order valence-electron chi connectivity index (χ4n) is 5.89. The zero-order valence-electron chi connectivity index (χ0n) is 22.5. The topological polar surface area (TPSA) is 12.0 Å². The predicted octanol–water partition coefficient (Wildman–Crippen LogP) is 10.2. The molecule has 2 heteroatoms. The maximum atomic E-state index is 4.01. The molecule has 0 bridgehead atoms. The third-order valence-corrected chi connectivity index (χ3v) is 8.41. The van der Waals surface area contributed by atoms with Crippen LogP contribution in [0.2, 0.25) is 0 Å². The second kappa shape index (κ2) is 10.7. The third kappa shape index (κ3) is 4.81. The fourth-order valence-corrected chi connectivity index (χ4v) is 6.29. The molecular weight excluding hydrogens is 562 g/mol. The van der Waals surface area contributed by atoms with Crippen LogP contribution in [-0.4, -0.2) is 0 Å². The number of dihydropyridines is 1. The smallest absolute Gasteiger partial charge is 0.108 e. The number of fused-ring (bicyclic) bond motifs is 1. The van der Waals surface area contributed by atoms with Crippen molar-refractivity contribution in [1.29, 1.82) is 0 Å². The normalized spacial score (nSPS) is 16.5. The summed E-state index contributed by atoms with van der Waals surface area (Å²) in [6.07, 6.45) is 4.70. The largest absolute Gasteiger partial charge is 0.368 e. The highest BCUT2D eigenvalue weighted by molar-refractivity contribution is 9.10. The summed E-state index contributed by atoms with van der Waals surface area (Å²) < 4.78 is 1.05. The van der Waals surface area contributed by atoms with Gasteiger partial charge in [-0.25, -0.2) is 0 Å². The molecule has 0 saturated heterocycles. The van der Waals surface area contributed by atoms with Crippen molar-refractivity contribution >= 4 is 38.0 Å². The monoisotopic (exact) mass is 589 g/mol. The van der Waals surface area contributed by atoms with E-state index in [0.717, 1.165) is 15.7 Å². The Morgan fingerprint density at radius 2 is 1.12 bits per heavy atom. The molecule has 0 saturated carbocycles. The lowest BCUT2D eigenvalue weighted by Gasteiger charge is -2.39. The van der Waals surface area contributed by atoms with Crippen LogP contribution >= 0.6 is 15.9 Å². The SMILES string of the molecule is Brc1cccc(C2(c3ccccc3)C=C(c3cccc4ccccc34)C=C(c3ccc(-c4ccccc4)cc3)N2)c1. The molecule has 1 aliphatic rings. The number of halogens is 1.